The third-order valence-electron chi connectivity index (χ3n) is 7.23. The molecule has 0 aromatic heterocycles. The Morgan fingerprint density at radius 1 is 1.34 bits per heavy atom. The Hall–Kier alpha value is -2.29. The Bertz CT molecular complexity index is 951. The van der Waals surface area contributed by atoms with Gasteiger partial charge in [0.05, 0.1) is 24.1 Å². The lowest BCUT2D eigenvalue weighted by molar-refractivity contribution is -0.159. The molecule has 0 aliphatic carbocycles. The van der Waals surface area contributed by atoms with Crippen molar-refractivity contribution in [1.82, 2.24) is 20.4 Å². The van der Waals surface area contributed by atoms with E-state index in [0.717, 1.165) is 0 Å². The number of carbonyl (C=O) groups excluding carboxylic acids is 3. The van der Waals surface area contributed by atoms with Gasteiger partial charge in [-0.25, -0.2) is 10.7 Å². The minimum absolute atomic E-state index is 0.0535. The van der Waals surface area contributed by atoms with Crippen LogP contribution in [0.2, 0.25) is 0 Å². The summed E-state index contributed by atoms with van der Waals surface area (Å²) in [7, 11) is 0. The van der Waals surface area contributed by atoms with Gasteiger partial charge in [-0.05, 0) is 19.8 Å². The number of carbonyl (C=O) groups is 4. The fraction of sp³-hybridized carbons (Fsp3) is 0.714. The van der Waals surface area contributed by atoms with Gasteiger partial charge in [0.25, 0.3) is 5.91 Å². The summed E-state index contributed by atoms with van der Waals surface area (Å²) < 4.78 is 25.3. The minimum atomic E-state index is -3.21. The van der Waals surface area contributed by atoms with Crippen LogP contribution < -0.4 is 16.5 Å². The number of carboxylic acid groups (broad SMARTS) is 1. The molecule has 0 radical (unpaired) electrons. The number of thioether (sulfide) groups is 1. The summed E-state index contributed by atoms with van der Waals surface area (Å²) >= 11 is 1.33. The number of hydrogen-bond acceptors (Lipinski definition) is 8. The highest BCUT2D eigenvalue weighted by molar-refractivity contribution is 8.03. The van der Waals surface area contributed by atoms with Gasteiger partial charge < -0.3 is 25.5 Å². The van der Waals surface area contributed by atoms with Crippen molar-refractivity contribution < 1.29 is 37.9 Å². The van der Waals surface area contributed by atoms with Gasteiger partial charge in [-0.1, -0.05) is 6.92 Å². The van der Waals surface area contributed by atoms with Gasteiger partial charge in [-0.3, -0.25) is 19.2 Å². The molecule has 0 unspecified atom stereocenters. The molecule has 0 bridgehead atoms. The lowest BCUT2D eigenvalue weighted by Gasteiger charge is -2.47. The molecule has 4 rings (SSSR count). The molecule has 3 fully saturated rings. The Kier molecular flexibility index (Phi) is 7.36. The van der Waals surface area contributed by atoms with Gasteiger partial charge in [-0.15, -0.1) is 11.8 Å². The second-order valence-electron chi connectivity index (χ2n) is 9.40. The van der Waals surface area contributed by atoms with Gasteiger partial charge in [-0.2, -0.15) is 8.78 Å². The number of fused-ring (bicyclic) bond motifs is 1. The number of nitrogens with one attached hydrogen (secondary N) is 2. The fourth-order valence-electron chi connectivity index (χ4n) is 5.49. The number of aliphatic carboxylic acids is 1. The van der Waals surface area contributed by atoms with E-state index in [1.165, 1.54) is 23.6 Å². The van der Waals surface area contributed by atoms with Crippen molar-refractivity contribution in [3.05, 3.63) is 10.6 Å². The summed E-state index contributed by atoms with van der Waals surface area (Å²) in [4.78, 5) is 57.4. The van der Waals surface area contributed by atoms with Gasteiger partial charge in [0, 0.05) is 41.7 Å². The molecule has 5 N–H and O–H groups in total. The summed E-state index contributed by atoms with van der Waals surface area (Å²) in [6, 6.07) is -1.83. The Balaban J connectivity index is 1.43. The summed E-state index contributed by atoms with van der Waals surface area (Å²) in [5.41, 5.74) is -0.113. The minimum Gasteiger partial charge on any atom is -0.477 e. The molecule has 14 heteroatoms. The first-order chi connectivity index (χ1) is 16.5. The first kappa shape index (κ1) is 25.8. The van der Waals surface area contributed by atoms with Crippen molar-refractivity contribution in [2.75, 3.05) is 19.6 Å². The summed E-state index contributed by atoms with van der Waals surface area (Å²) in [5.74, 6) is 0.774. The van der Waals surface area contributed by atoms with Crippen LogP contribution in [-0.4, -0.2) is 94.1 Å². The van der Waals surface area contributed by atoms with Crippen LogP contribution in [0.3, 0.4) is 0 Å². The maximum absolute atomic E-state index is 12.9. The first-order valence-electron chi connectivity index (χ1n) is 11.5. The molecule has 0 aromatic rings. The average Bonchev–Trinajstić information content (AvgIpc) is 3.52. The van der Waals surface area contributed by atoms with E-state index in [1.807, 2.05) is 0 Å². The summed E-state index contributed by atoms with van der Waals surface area (Å²) in [6.45, 7) is 4.73. The third-order valence-corrected chi connectivity index (χ3v) is 8.74. The van der Waals surface area contributed by atoms with Crippen LogP contribution in [0.4, 0.5) is 8.78 Å². The van der Waals surface area contributed by atoms with Gasteiger partial charge in [0.2, 0.25) is 11.8 Å². The van der Waals surface area contributed by atoms with Crippen LogP contribution in [0, 0.1) is 11.8 Å². The highest BCUT2D eigenvalue weighted by Crippen LogP contribution is 2.51. The molecule has 4 aliphatic rings. The predicted molar refractivity (Wildman–Crippen MR) is 120 cm³/mol. The summed E-state index contributed by atoms with van der Waals surface area (Å²) in [6.07, 6.45) is -2.23. The number of hydrogen-bond donors (Lipinski definition) is 4. The SMILES string of the molecule is C[C@@H](NC(=O)C(F)F)[C@H]1C(=O)N2C(C(=O)O)=C(S[C@@H]3CN[C@H](C(=O)N4CC[C@H](ON)C4)C3)[C@H](C)[C@H]12. The van der Waals surface area contributed by atoms with E-state index in [-0.39, 0.29) is 28.9 Å². The second kappa shape index (κ2) is 9.99. The molecular weight excluding hydrogens is 488 g/mol. The maximum Gasteiger partial charge on any atom is 0.353 e. The van der Waals surface area contributed by atoms with E-state index < -0.39 is 48.3 Å². The van der Waals surface area contributed by atoms with Gasteiger partial charge in [0.15, 0.2) is 0 Å². The van der Waals surface area contributed by atoms with E-state index in [9.17, 15) is 33.1 Å². The summed E-state index contributed by atoms with van der Waals surface area (Å²) in [5, 5.41) is 15.1. The molecule has 0 spiro atoms. The van der Waals surface area contributed by atoms with Crippen molar-refractivity contribution >= 4 is 35.5 Å². The van der Waals surface area contributed by atoms with Crippen LogP contribution in [0.25, 0.3) is 0 Å². The number of likely N-dealkylation sites (tertiary alicyclic amines) is 1. The molecule has 7 atom stereocenters. The lowest BCUT2D eigenvalue weighted by atomic mass is 9.78. The molecule has 0 aromatic carbocycles. The monoisotopic (exact) mass is 517 g/mol. The van der Waals surface area contributed by atoms with E-state index in [1.54, 1.807) is 11.8 Å². The predicted octanol–water partition coefficient (Wildman–Crippen LogP) is -0.516. The number of β-lactam (4-membered cyclic amide) rings is 1. The number of nitrogens with two attached hydrogens (primary N) is 1. The largest absolute Gasteiger partial charge is 0.477 e. The van der Waals surface area contributed by atoms with Crippen LogP contribution in [0.1, 0.15) is 26.7 Å². The highest BCUT2D eigenvalue weighted by atomic mass is 32.2. The maximum atomic E-state index is 12.9. The van der Waals surface area contributed by atoms with Crippen molar-refractivity contribution in [1.29, 1.82) is 0 Å². The lowest BCUT2D eigenvalue weighted by Crippen LogP contribution is -2.66. The molecule has 35 heavy (non-hydrogen) atoms. The zero-order valence-corrected chi connectivity index (χ0v) is 20.1. The number of rotatable bonds is 8. The average molecular weight is 518 g/mol. The normalized spacial score (nSPS) is 33.3. The van der Waals surface area contributed by atoms with E-state index >= 15 is 0 Å². The number of amides is 3. The van der Waals surface area contributed by atoms with Crippen molar-refractivity contribution in [3.8, 4) is 0 Å². The molecule has 4 aliphatic heterocycles. The number of alkyl halides is 2. The topological polar surface area (TPSA) is 154 Å². The molecule has 3 amide bonds. The van der Waals surface area contributed by atoms with E-state index in [0.29, 0.717) is 37.4 Å². The van der Waals surface area contributed by atoms with Crippen LogP contribution >= 0.6 is 11.8 Å². The smallest absolute Gasteiger partial charge is 0.353 e. The molecule has 3 saturated heterocycles. The Morgan fingerprint density at radius 2 is 2.06 bits per heavy atom. The highest BCUT2D eigenvalue weighted by Gasteiger charge is 2.60. The van der Waals surface area contributed by atoms with Gasteiger partial charge in [0.1, 0.15) is 5.70 Å². The fourth-order valence-corrected chi connectivity index (χ4v) is 6.97. The number of halogens is 2. The Labute approximate surface area is 204 Å². The zero-order valence-electron chi connectivity index (χ0n) is 19.3. The van der Waals surface area contributed by atoms with Crippen molar-refractivity contribution in [2.45, 2.75) is 62.6 Å². The van der Waals surface area contributed by atoms with Crippen LogP contribution in [0.15, 0.2) is 10.6 Å². The van der Waals surface area contributed by atoms with E-state index in [4.69, 9.17) is 10.7 Å². The molecular formula is C21H29F2N5O6S. The second-order valence-corrected chi connectivity index (χ2v) is 10.7. The Morgan fingerprint density at radius 3 is 2.66 bits per heavy atom. The number of nitrogens with zero attached hydrogens (tertiary/aromatic N) is 2. The van der Waals surface area contributed by atoms with E-state index in [2.05, 4.69) is 10.6 Å². The molecule has 194 valence electrons. The number of carboxylic acids is 1. The van der Waals surface area contributed by atoms with Crippen LogP contribution in [-0.2, 0) is 24.0 Å². The third kappa shape index (κ3) is 4.63. The van der Waals surface area contributed by atoms with Crippen molar-refractivity contribution in [3.63, 3.8) is 0 Å². The first-order valence-corrected chi connectivity index (χ1v) is 12.4. The quantitative estimate of drug-likeness (QED) is 0.246. The molecule has 11 nitrogen and oxygen atoms in total. The molecule has 0 saturated carbocycles. The van der Waals surface area contributed by atoms with Crippen molar-refractivity contribution in [2.24, 2.45) is 17.7 Å². The molecule has 4 heterocycles. The van der Waals surface area contributed by atoms with Gasteiger partial charge >= 0.3 is 12.4 Å². The van der Waals surface area contributed by atoms with Crippen LogP contribution in [0.5, 0.6) is 0 Å². The standard InChI is InChI=1S/C21H29F2N5O6S/c1-8-14-13(9(2)26-18(29)17(22)23)20(31)28(14)15(21(32)33)16(8)35-11-5-12(25-6-11)19(30)27-4-3-10(7-27)34-24/h8-14,17,25H,3-7,24H2,1-2H3,(H,26,29)(H,32,33)/t8-,9-,10+,11+,12+,13-,14-/m1/s1. The zero-order chi connectivity index (χ0) is 25.6.